The SMILES string of the molecule is CCc1cc2c(s1)-n1c(nnc1[C@@H](CCC(=O)O)NC(=O)c1ccc(Cl)c(Cl)c1)CN=C2c1ccccc1Cl. The van der Waals surface area contributed by atoms with E-state index >= 15 is 0 Å². The highest BCUT2D eigenvalue weighted by Gasteiger charge is 2.30. The Kier molecular flexibility index (Phi) is 8.04. The minimum atomic E-state index is -0.992. The van der Waals surface area contributed by atoms with E-state index in [1.165, 1.54) is 12.1 Å². The second kappa shape index (κ2) is 11.5. The highest BCUT2D eigenvalue weighted by molar-refractivity contribution is 7.15. The number of hydrogen-bond donors (Lipinski definition) is 2. The molecule has 8 nitrogen and oxygen atoms in total. The third-order valence-electron chi connectivity index (χ3n) is 6.28. The first-order chi connectivity index (χ1) is 18.8. The number of carboxylic acids is 1. The van der Waals surface area contributed by atoms with E-state index in [0.717, 1.165) is 33.1 Å². The smallest absolute Gasteiger partial charge is 0.303 e. The zero-order valence-corrected chi connectivity index (χ0v) is 23.7. The molecular weight excluding hydrogens is 581 g/mol. The van der Waals surface area contributed by atoms with Gasteiger partial charge in [-0.05, 0) is 43.2 Å². The van der Waals surface area contributed by atoms with E-state index in [1.807, 2.05) is 28.8 Å². The lowest BCUT2D eigenvalue weighted by Gasteiger charge is -2.19. The van der Waals surface area contributed by atoms with Crippen molar-refractivity contribution in [3.05, 3.63) is 96.8 Å². The number of aliphatic imine (C=N–C) groups is 1. The monoisotopic (exact) mass is 601 g/mol. The number of halogens is 3. The molecule has 1 amide bonds. The van der Waals surface area contributed by atoms with Crippen LogP contribution in [0.15, 0.2) is 53.5 Å². The summed E-state index contributed by atoms with van der Waals surface area (Å²) in [5.41, 5.74) is 2.70. The molecule has 2 aromatic heterocycles. The van der Waals surface area contributed by atoms with Crippen molar-refractivity contribution in [1.29, 1.82) is 0 Å². The number of aliphatic carboxylic acids is 1. The van der Waals surface area contributed by atoms with Gasteiger partial charge in [-0.25, -0.2) is 0 Å². The van der Waals surface area contributed by atoms with Crippen LogP contribution in [0, 0.1) is 0 Å². The maximum Gasteiger partial charge on any atom is 0.303 e. The van der Waals surface area contributed by atoms with Gasteiger partial charge in [0, 0.05) is 33.0 Å². The first kappa shape index (κ1) is 27.3. The van der Waals surface area contributed by atoms with Gasteiger partial charge in [-0.3, -0.25) is 19.1 Å². The molecule has 0 aliphatic carbocycles. The topological polar surface area (TPSA) is 109 Å². The summed E-state index contributed by atoms with van der Waals surface area (Å²) in [4.78, 5) is 30.7. The molecule has 0 spiro atoms. The number of carbonyl (C=O) groups excluding carboxylic acids is 1. The molecule has 1 aliphatic heterocycles. The molecule has 2 aromatic carbocycles. The van der Waals surface area contributed by atoms with Crippen molar-refractivity contribution in [2.75, 3.05) is 0 Å². The number of aryl methyl sites for hydroxylation is 1. The summed E-state index contributed by atoms with van der Waals surface area (Å²) in [5, 5.41) is 23.1. The molecule has 5 rings (SSSR count). The van der Waals surface area contributed by atoms with E-state index in [-0.39, 0.29) is 30.0 Å². The first-order valence-corrected chi connectivity index (χ1v) is 14.1. The lowest BCUT2D eigenvalue weighted by Crippen LogP contribution is -2.31. The number of amides is 1. The summed E-state index contributed by atoms with van der Waals surface area (Å²) in [6.07, 6.45) is 0.713. The first-order valence-electron chi connectivity index (χ1n) is 12.1. The highest BCUT2D eigenvalue weighted by atomic mass is 35.5. The largest absolute Gasteiger partial charge is 0.481 e. The fourth-order valence-corrected chi connectivity index (χ4v) is 6.00. The van der Waals surface area contributed by atoms with Crippen LogP contribution in [0.4, 0.5) is 0 Å². The predicted molar refractivity (Wildman–Crippen MR) is 153 cm³/mol. The van der Waals surface area contributed by atoms with Crippen molar-refractivity contribution in [2.24, 2.45) is 4.99 Å². The molecule has 4 aromatic rings. The van der Waals surface area contributed by atoms with Crippen LogP contribution in [0.5, 0.6) is 0 Å². The van der Waals surface area contributed by atoms with Gasteiger partial charge in [-0.15, -0.1) is 21.5 Å². The Hall–Kier alpha value is -3.24. The zero-order valence-electron chi connectivity index (χ0n) is 20.6. The molecule has 0 saturated carbocycles. The molecule has 1 aliphatic rings. The van der Waals surface area contributed by atoms with Crippen LogP contribution in [0.2, 0.25) is 15.1 Å². The molecule has 0 fully saturated rings. The van der Waals surface area contributed by atoms with Gasteiger partial charge >= 0.3 is 5.97 Å². The maximum atomic E-state index is 13.2. The molecule has 39 heavy (non-hydrogen) atoms. The number of carboxylic acid groups (broad SMARTS) is 1. The lowest BCUT2D eigenvalue weighted by atomic mass is 10.0. The van der Waals surface area contributed by atoms with E-state index in [1.54, 1.807) is 17.4 Å². The Balaban J connectivity index is 1.59. The maximum absolute atomic E-state index is 13.2. The van der Waals surface area contributed by atoms with Crippen molar-refractivity contribution in [1.82, 2.24) is 20.1 Å². The van der Waals surface area contributed by atoms with Gasteiger partial charge in [0.15, 0.2) is 11.6 Å². The standard InChI is InChI=1S/C27H22Cl3N5O3S/c1-2-15-12-17-24(16-5-3-4-6-18(16)28)31-13-22-33-34-25(35(22)27(17)39-15)21(9-10-23(36)37)32-26(38)14-7-8-19(29)20(30)11-14/h3-8,11-12,21H,2,9-10,13H2,1H3,(H,32,38)(H,36,37)/t21-/m1/s1. The van der Waals surface area contributed by atoms with Crippen LogP contribution in [-0.2, 0) is 17.8 Å². The molecule has 200 valence electrons. The van der Waals surface area contributed by atoms with E-state index in [4.69, 9.17) is 39.8 Å². The lowest BCUT2D eigenvalue weighted by molar-refractivity contribution is -0.137. The third kappa shape index (κ3) is 5.58. The third-order valence-corrected chi connectivity index (χ3v) is 8.61. The van der Waals surface area contributed by atoms with Crippen LogP contribution in [0.25, 0.3) is 5.00 Å². The molecule has 0 bridgehead atoms. The second-order valence-corrected chi connectivity index (χ2v) is 11.2. The Bertz CT molecular complexity index is 1610. The van der Waals surface area contributed by atoms with Crippen LogP contribution in [0.3, 0.4) is 0 Å². The Morgan fingerprint density at radius 1 is 1.05 bits per heavy atom. The van der Waals surface area contributed by atoms with Crippen molar-refractivity contribution >= 4 is 63.7 Å². The summed E-state index contributed by atoms with van der Waals surface area (Å²) >= 11 is 20.3. The molecular formula is C27H22Cl3N5O3S. The summed E-state index contributed by atoms with van der Waals surface area (Å²) in [7, 11) is 0. The number of nitrogens with zero attached hydrogens (tertiary/aromatic N) is 4. The Labute approximate surface area is 243 Å². The molecule has 2 N–H and O–H groups in total. The molecule has 12 heteroatoms. The van der Waals surface area contributed by atoms with Gasteiger partial charge in [0.05, 0.1) is 21.8 Å². The zero-order chi connectivity index (χ0) is 27.7. The van der Waals surface area contributed by atoms with Gasteiger partial charge in [-0.2, -0.15) is 0 Å². The van der Waals surface area contributed by atoms with E-state index in [2.05, 4.69) is 28.5 Å². The van der Waals surface area contributed by atoms with Gasteiger partial charge in [0.2, 0.25) is 0 Å². The molecule has 1 atom stereocenters. The fourth-order valence-electron chi connectivity index (χ4n) is 4.35. The minimum absolute atomic E-state index is 0.0973. The van der Waals surface area contributed by atoms with Crippen molar-refractivity contribution in [2.45, 2.75) is 38.8 Å². The van der Waals surface area contributed by atoms with Crippen molar-refractivity contribution < 1.29 is 14.7 Å². The number of thiophene rings is 1. The predicted octanol–water partition coefficient (Wildman–Crippen LogP) is 6.54. The number of nitrogens with one attached hydrogen (secondary N) is 1. The number of carbonyl (C=O) groups is 2. The molecule has 0 unspecified atom stereocenters. The van der Waals surface area contributed by atoms with Crippen LogP contribution >= 0.6 is 46.1 Å². The van der Waals surface area contributed by atoms with Crippen LogP contribution in [-0.4, -0.2) is 37.5 Å². The second-order valence-electron chi connectivity index (χ2n) is 8.83. The molecule has 0 saturated heterocycles. The van der Waals surface area contributed by atoms with E-state index in [9.17, 15) is 14.7 Å². The summed E-state index contributed by atoms with van der Waals surface area (Å²) in [6.45, 7) is 2.29. The van der Waals surface area contributed by atoms with Gasteiger partial charge in [0.1, 0.15) is 11.5 Å². The Morgan fingerprint density at radius 3 is 2.56 bits per heavy atom. The van der Waals surface area contributed by atoms with Gasteiger partial charge in [0.25, 0.3) is 5.91 Å². The average Bonchev–Trinajstić information content (AvgIpc) is 3.50. The average molecular weight is 603 g/mol. The van der Waals surface area contributed by atoms with Gasteiger partial charge < -0.3 is 10.4 Å². The highest BCUT2D eigenvalue weighted by Crippen LogP contribution is 2.36. The van der Waals surface area contributed by atoms with E-state index < -0.39 is 17.9 Å². The summed E-state index contributed by atoms with van der Waals surface area (Å²) < 4.78 is 1.88. The number of rotatable bonds is 8. The quantitative estimate of drug-likeness (QED) is 0.238. The minimum Gasteiger partial charge on any atom is -0.481 e. The summed E-state index contributed by atoms with van der Waals surface area (Å²) in [6, 6.07) is 13.4. The van der Waals surface area contributed by atoms with Gasteiger partial charge in [-0.1, -0.05) is 59.9 Å². The van der Waals surface area contributed by atoms with E-state index in [0.29, 0.717) is 21.7 Å². The molecule has 0 radical (unpaired) electrons. The number of aromatic nitrogens is 3. The number of hydrogen-bond acceptors (Lipinski definition) is 6. The molecule has 3 heterocycles. The van der Waals surface area contributed by atoms with Crippen molar-refractivity contribution in [3.8, 4) is 5.00 Å². The van der Waals surface area contributed by atoms with Crippen molar-refractivity contribution in [3.63, 3.8) is 0 Å². The fraction of sp³-hybridized carbons (Fsp3) is 0.222. The Morgan fingerprint density at radius 2 is 1.85 bits per heavy atom. The number of fused-ring (bicyclic) bond motifs is 3. The van der Waals surface area contributed by atoms with Crippen LogP contribution in [0.1, 0.15) is 63.8 Å². The normalized spacial score (nSPS) is 13.2. The van der Waals surface area contributed by atoms with Crippen LogP contribution < -0.4 is 5.32 Å². The number of benzene rings is 2. The summed E-state index contributed by atoms with van der Waals surface area (Å²) in [5.74, 6) is -0.444.